The smallest absolute Gasteiger partial charge is 0.234 e. The van der Waals surface area contributed by atoms with Crippen molar-refractivity contribution >= 4 is 34.2 Å². The lowest BCUT2D eigenvalue weighted by Crippen LogP contribution is -2.54. The van der Waals surface area contributed by atoms with Crippen molar-refractivity contribution in [2.75, 3.05) is 12.3 Å². The first kappa shape index (κ1) is 11.7. The summed E-state index contributed by atoms with van der Waals surface area (Å²) >= 11 is 7.01. The summed E-state index contributed by atoms with van der Waals surface area (Å²) in [7, 11) is 0. The van der Waals surface area contributed by atoms with Gasteiger partial charge in [-0.2, -0.15) is 0 Å². The van der Waals surface area contributed by atoms with Crippen LogP contribution in [0.1, 0.15) is 38.5 Å². The van der Waals surface area contributed by atoms with E-state index in [0.29, 0.717) is 5.91 Å². The second kappa shape index (κ2) is 3.95. The number of hydrogen-bond donors (Lipinski definition) is 0. The molecule has 0 spiro atoms. The third-order valence-electron chi connectivity index (χ3n) is 5.50. The largest absolute Gasteiger partial charge is 0.296 e. The van der Waals surface area contributed by atoms with E-state index in [1.165, 1.54) is 19.3 Å². The predicted octanol–water partition coefficient (Wildman–Crippen LogP) is 3.06. The first-order chi connectivity index (χ1) is 8.66. The second-order valence-electron chi connectivity index (χ2n) is 6.77. The Morgan fingerprint density at radius 3 is 2.17 bits per heavy atom. The quantitative estimate of drug-likeness (QED) is 0.689. The average molecular weight is 281 g/mol. The zero-order chi connectivity index (χ0) is 12.3. The van der Waals surface area contributed by atoms with Crippen LogP contribution in [0.2, 0.25) is 0 Å². The van der Waals surface area contributed by atoms with Gasteiger partial charge in [0, 0.05) is 12.3 Å². The molecule has 0 radical (unpaired) electrons. The zero-order valence-corrected chi connectivity index (χ0v) is 12.2. The maximum Gasteiger partial charge on any atom is 0.234 e. The van der Waals surface area contributed by atoms with Crippen molar-refractivity contribution in [3.8, 4) is 0 Å². The van der Waals surface area contributed by atoms with E-state index in [0.717, 1.165) is 53.6 Å². The highest BCUT2D eigenvalue weighted by Crippen LogP contribution is 2.60. The number of nitrogens with zero attached hydrogens (tertiary/aromatic N) is 1. The Kier molecular flexibility index (Phi) is 2.57. The minimum absolute atomic E-state index is 0.0102. The molecule has 1 aliphatic heterocycles. The van der Waals surface area contributed by atoms with Crippen LogP contribution in [0.25, 0.3) is 0 Å². The predicted molar refractivity (Wildman–Crippen MR) is 77.4 cm³/mol. The molecule has 0 aromatic heterocycles. The zero-order valence-electron chi connectivity index (χ0n) is 10.6. The molecule has 1 saturated heterocycles. The van der Waals surface area contributed by atoms with Gasteiger partial charge in [-0.15, -0.1) is 0 Å². The number of thiocarbonyl (C=S) groups is 1. The van der Waals surface area contributed by atoms with Crippen molar-refractivity contribution in [1.29, 1.82) is 0 Å². The summed E-state index contributed by atoms with van der Waals surface area (Å²) in [6.45, 7) is 0.851. The standard InChI is InChI=1S/C14H19NOS2/c16-12(15-1-2-18-13(15)17)14-6-9-3-10(7-14)5-11(4-9)8-14/h9-11H,1-8H2. The third kappa shape index (κ3) is 1.61. The first-order valence-electron chi connectivity index (χ1n) is 7.15. The van der Waals surface area contributed by atoms with Gasteiger partial charge in [0.05, 0.1) is 5.41 Å². The van der Waals surface area contributed by atoms with E-state index in [4.69, 9.17) is 12.2 Å². The van der Waals surface area contributed by atoms with Crippen LogP contribution >= 0.6 is 24.0 Å². The number of hydrogen-bond acceptors (Lipinski definition) is 3. The highest BCUT2D eigenvalue weighted by Gasteiger charge is 2.56. The molecule has 4 aliphatic carbocycles. The van der Waals surface area contributed by atoms with Crippen molar-refractivity contribution in [2.24, 2.45) is 23.2 Å². The Labute approximate surface area is 118 Å². The van der Waals surface area contributed by atoms with Crippen LogP contribution in [-0.4, -0.2) is 27.4 Å². The number of amides is 1. The summed E-state index contributed by atoms with van der Waals surface area (Å²) < 4.78 is 0.829. The fourth-order valence-electron chi connectivity index (χ4n) is 5.24. The molecule has 1 amide bonds. The summed E-state index contributed by atoms with van der Waals surface area (Å²) in [5, 5.41) is 0. The van der Waals surface area contributed by atoms with Gasteiger partial charge in [-0.3, -0.25) is 9.69 Å². The van der Waals surface area contributed by atoms with Gasteiger partial charge in [0.1, 0.15) is 4.32 Å². The minimum Gasteiger partial charge on any atom is -0.296 e. The Morgan fingerprint density at radius 1 is 1.17 bits per heavy atom. The molecule has 4 saturated carbocycles. The monoisotopic (exact) mass is 281 g/mol. The maximum atomic E-state index is 12.9. The molecule has 0 aromatic carbocycles. The minimum atomic E-state index is -0.0102. The number of carbonyl (C=O) groups is 1. The molecule has 0 atom stereocenters. The van der Waals surface area contributed by atoms with E-state index in [9.17, 15) is 4.79 Å². The van der Waals surface area contributed by atoms with E-state index < -0.39 is 0 Å². The molecule has 2 nitrogen and oxygen atoms in total. The average Bonchev–Trinajstić information content (AvgIpc) is 2.72. The molecular formula is C14H19NOS2. The van der Waals surface area contributed by atoms with Crippen molar-refractivity contribution in [1.82, 2.24) is 4.90 Å². The lowest BCUT2D eigenvalue weighted by molar-refractivity contribution is -0.152. The van der Waals surface area contributed by atoms with Gasteiger partial charge in [-0.1, -0.05) is 24.0 Å². The summed E-state index contributed by atoms with van der Waals surface area (Å²) in [4.78, 5) is 14.9. The summed E-state index contributed by atoms with van der Waals surface area (Å²) in [5.74, 6) is 3.89. The van der Waals surface area contributed by atoms with Gasteiger partial charge in [0.25, 0.3) is 0 Å². The molecule has 18 heavy (non-hydrogen) atoms. The Morgan fingerprint density at radius 2 is 1.72 bits per heavy atom. The molecule has 0 unspecified atom stereocenters. The molecular weight excluding hydrogens is 262 g/mol. The van der Waals surface area contributed by atoms with Gasteiger partial charge in [-0.05, 0) is 56.3 Å². The van der Waals surface area contributed by atoms with Crippen LogP contribution < -0.4 is 0 Å². The molecule has 0 aromatic rings. The normalized spacial score (nSPS) is 45.9. The van der Waals surface area contributed by atoms with E-state index in [-0.39, 0.29) is 5.41 Å². The lowest BCUT2D eigenvalue weighted by Gasteiger charge is -2.56. The van der Waals surface area contributed by atoms with E-state index >= 15 is 0 Å². The van der Waals surface area contributed by atoms with Crippen molar-refractivity contribution in [2.45, 2.75) is 38.5 Å². The van der Waals surface area contributed by atoms with Gasteiger partial charge in [0.15, 0.2) is 0 Å². The number of carbonyl (C=O) groups excluding carboxylic acids is 1. The molecule has 98 valence electrons. The van der Waals surface area contributed by atoms with Crippen LogP contribution in [-0.2, 0) is 4.79 Å². The Hall–Kier alpha value is -0.0900. The SMILES string of the molecule is O=C(N1CCSC1=S)C12CC3CC(CC(C3)C1)C2. The van der Waals surface area contributed by atoms with Crippen LogP contribution in [0.4, 0.5) is 0 Å². The second-order valence-corrected chi connectivity index (χ2v) is 8.50. The van der Waals surface area contributed by atoms with Crippen molar-refractivity contribution in [3.05, 3.63) is 0 Å². The van der Waals surface area contributed by atoms with Gasteiger partial charge >= 0.3 is 0 Å². The number of rotatable bonds is 1. The van der Waals surface area contributed by atoms with Crippen molar-refractivity contribution in [3.63, 3.8) is 0 Å². The fourth-order valence-corrected chi connectivity index (χ4v) is 6.44. The summed E-state index contributed by atoms with van der Waals surface area (Å²) in [6, 6.07) is 0. The highest BCUT2D eigenvalue weighted by molar-refractivity contribution is 8.23. The molecule has 5 rings (SSSR count). The van der Waals surface area contributed by atoms with Crippen LogP contribution in [0.3, 0.4) is 0 Å². The highest BCUT2D eigenvalue weighted by atomic mass is 32.2. The van der Waals surface area contributed by atoms with Gasteiger partial charge in [-0.25, -0.2) is 0 Å². The molecule has 5 fully saturated rings. The van der Waals surface area contributed by atoms with E-state index in [1.807, 2.05) is 4.90 Å². The topological polar surface area (TPSA) is 20.3 Å². The number of thioether (sulfide) groups is 1. The Bertz CT molecular complexity index is 385. The third-order valence-corrected chi connectivity index (χ3v) is 6.93. The van der Waals surface area contributed by atoms with Gasteiger partial charge < -0.3 is 0 Å². The fraction of sp³-hybridized carbons (Fsp3) is 0.857. The van der Waals surface area contributed by atoms with Crippen LogP contribution in [0, 0.1) is 23.2 Å². The van der Waals surface area contributed by atoms with Crippen LogP contribution in [0.5, 0.6) is 0 Å². The molecule has 1 heterocycles. The first-order valence-corrected chi connectivity index (χ1v) is 8.54. The summed E-state index contributed by atoms with van der Waals surface area (Å²) in [5.41, 5.74) is -0.0102. The summed E-state index contributed by atoms with van der Waals surface area (Å²) in [6.07, 6.45) is 7.65. The maximum absolute atomic E-state index is 12.9. The Balaban J connectivity index is 1.63. The van der Waals surface area contributed by atoms with E-state index in [2.05, 4.69) is 0 Å². The van der Waals surface area contributed by atoms with Crippen LogP contribution in [0.15, 0.2) is 0 Å². The van der Waals surface area contributed by atoms with E-state index in [1.54, 1.807) is 11.8 Å². The lowest BCUT2D eigenvalue weighted by atomic mass is 9.49. The van der Waals surface area contributed by atoms with Gasteiger partial charge in [0.2, 0.25) is 5.91 Å². The molecule has 4 bridgehead atoms. The molecule has 0 N–H and O–H groups in total. The van der Waals surface area contributed by atoms with Crippen molar-refractivity contribution < 1.29 is 4.79 Å². The molecule has 4 heteroatoms. The molecule has 5 aliphatic rings.